The average Bonchev–Trinajstić information content (AvgIpc) is 3.34. The van der Waals surface area contributed by atoms with Crippen LogP contribution < -0.4 is 4.74 Å². The van der Waals surface area contributed by atoms with Crippen LogP contribution in [0.3, 0.4) is 0 Å². The van der Waals surface area contributed by atoms with Crippen LogP contribution in [-0.2, 0) is 11.2 Å². The highest BCUT2D eigenvalue weighted by Gasteiger charge is 2.33. The summed E-state index contributed by atoms with van der Waals surface area (Å²) < 4.78 is 20.1. The number of halogens is 2. The Morgan fingerprint density at radius 3 is 2.69 bits per heavy atom. The van der Waals surface area contributed by atoms with Gasteiger partial charge in [-0.2, -0.15) is 0 Å². The van der Waals surface area contributed by atoms with Crippen LogP contribution in [0.1, 0.15) is 47.1 Å². The number of fused-ring (bicyclic) bond motifs is 1. The fourth-order valence-corrected chi connectivity index (χ4v) is 5.63. The molecule has 0 saturated heterocycles. The molecule has 0 N–H and O–H groups in total. The first-order valence-electron chi connectivity index (χ1n) is 12.1. The predicted octanol–water partition coefficient (Wildman–Crippen LogP) is 6.34. The van der Waals surface area contributed by atoms with Gasteiger partial charge in [0.1, 0.15) is 24.7 Å². The molecular weight excluding hydrogens is 543 g/mol. The van der Waals surface area contributed by atoms with Crippen molar-refractivity contribution in [1.82, 2.24) is 9.80 Å². The van der Waals surface area contributed by atoms with Crippen molar-refractivity contribution in [3.63, 3.8) is 0 Å². The predicted molar refractivity (Wildman–Crippen MR) is 144 cm³/mol. The summed E-state index contributed by atoms with van der Waals surface area (Å²) in [4.78, 5) is 31.8. The minimum Gasteiger partial charge on any atom is -0.491 e. The smallest absolute Gasteiger partial charge is 0.254 e. The standard InChI is InChI=1S/C28H30BrFN2O3S/c1-19(2)10-13-31(28(34)20-4-3-5-21(29)16-20)17-27(33)32-14-11-26-24(12-15-36-26)25(32)18-35-23-8-6-22(30)7-9-23/h3-9,12,15-16,19,25H,10-11,13-14,17-18H2,1-2H3. The molecule has 1 aliphatic heterocycles. The first-order chi connectivity index (χ1) is 17.3. The molecule has 2 amide bonds. The van der Waals surface area contributed by atoms with E-state index in [0.717, 1.165) is 22.9 Å². The highest BCUT2D eigenvalue weighted by molar-refractivity contribution is 9.10. The fraction of sp³-hybridized carbons (Fsp3) is 0.357. The summed E-state index contributed by atoms with van der Waals surface area (Å²) >= 11 is 5.12. The van der Waals surface area contributed by atoms with Crippen LogP contribution in [0.15, 0.2) is 64.5 Å². The zero-order chi connectivity index (χ0) is 25.7. The lowest BCUT2D eigenvalue weighted by Gasteiger charge is -2.37. The Balaban J connectivity index is 1.53. The number of benzene rings is 2. The summed E-state index contributed by atoms with van der Waals surface area (Å²) in [7, 11) is 0. The number of rotatable bonds is 9. The lowest BCUT2D eigenvalue weighted by molar-refractivity contribution is -0.135. The van der Waals surface area contributed by atoms with Crippen molar-refractivity contribution < 1.29 is 18.7 Å². The van der Waals surface area contributed by atoms with Gasteiger partial charge in [0, 0.05) is 28.0 Å². The summed E-state index contributed by atoms with van der Waals surface area (Å²) in [6, 6.07) is 14.9. The maximum Gasteiger partial charge on any atom is 0.254 e. The van der Waals surface area contributed by atoms with Gasteiger partial charge in [0.05, 0.1) is 6.04 Å². The van der Waals surface area contributed by atoms with Crippen LogP contribution in [0.25, 0.3) is 0 Å². The monoisotopic (exact) mass is 572 g/mol. The van der Waals surface area contributed by atoms with Gasteiger partial charge >= 0.3 is 0 Å². The van der Waals surface area contributed by atoms with E-state index < -0.39 is 0 Å². The molecule has 1 atom stereocenters. The zero-order valence-electron chi connectivity index (χ0n) is 20.5. The van der Waals surface area contributed by atoms with Gasteiger partial charge in [-0.3, -0.25) is 9.59 Å². The van der Waals surface area contributed by atoms with Crippen LogP contribution in [0.4, 0.5) is 4.39 Å². The molecule has 0 spiro atoms. The zero-order valence-corrected chi connectivity index (χ0v) is 22.9. The molecule has 2 aromatic carbocycles. The third kappa shape index (κ3) is 6.53. The Kier molecular flexibility index (Phi) is 8.80. The molecule has 1 unspecified atom stereocenters. The molecule has 5 nitrogen and oxygen atoms in total. The lowest BCUT2D eigenvalue weighted by atomic mass is 10.00. The van der Waals surface area contributed by atoms with Gasteiger partial charge in [-0.1, -0.05) is 35.8 Å². The van der Waals surface area contributed by atoms with Crippen molar-refractivity contribution in [2.24, 2.45) is 5.92 Å². The second kappa shape index (κ2) is 12.0. The van der Waals surface area contributed by atoms with E-state index in [1.165, 1.54) is 17.0 Å². The quantitative estimate of drug-likeness (QED) is 0.300. The molecule has 0 fully saturated rings. The first kappa shape index (κ1) is 26.4. The number of carbonyl (C=O) groups is 2. The number of ether oxygens (including phenoxy) is 1. The summed E-state index contributed by atoms with van der Waals surface area (Å²) in [6.45, 7) is 5.54. The Morgan fingerprint density at radius 2 is 1.97 bits per heavy atom. The fourth-order valence-electron chi connectivity index (χ4n) is 4.31. The highest BCUT2D eigenvalue weighted by atomic mass is 79.9. The normalized spacial score (nSPS) is 15.0. The number of hydrogen-bond donors (Lipinski definition) is 0. The van der Waals surface area contributed by atoms with Gasteiger partial charge in [-0.05, 0) is 78.2 Å². The summed E-state index contributed by atoms with van der Waals surface area (Å²) in [5, 5.41) is 2.04. The second-order valence-electron chi connectivity index (χ2n) is 9.34. The number of hydrogen-bond acceptors (Lipinski definition) is 4. The van der Waals surface area contributed by atoms with Gasteiger partial charge in [-0.25, -0.2) is 4.39 Å². The Hall–Kier alpha value is -2.71. The highest BCUT2D eigenvalue weighted by Crippen LogP contribution is 2.34. The third-order valence-corrected chi connectivity index (χ3v) is 7.79. The van der Waals surface area contributed by atoms with E-state index in [1.54, 1.807) is 40.5 Å². The maximum absolute atomic E-state index is 13.7. The molecule has 190 valence electrons. The van der Waals surface area contributed by atoms with Crippen molar-refractivity contribution in [2.75, 3.05) is 26.2 Å². The van der Waals surface area contributed by atoms with Crippen molar-refractivity contribution in [3.05, 3.63) is 86.3 Å². The van der Waals surface area contributed by atoms with E-state index >= 15 is 0 Å². The first-order valence-corrected chi connectivity index (χ1v) is 13.8. The minimum atomic E-state index is -0.325. The van der Waals surface area contributed by atoms with E-state index in [4.69, 9.17) is 4.74 Å². The summed E-state index contributed by atoms with van der Waals surface area (Å²) in [6.07, 6.45) is 1.58. The van der Waals surface area contributed by atoms with Crippen molar-refractivity contribution >= 4 is 39.1 Å². The SMILES string of the molecule is CC(C)CCN(CC(=O)N1CCc2sccc2C1COc1ccc(F)cc1)C(=O)c1cccc(Br)c1. The molecule has 1 aliphatic rings. The number of nitrogens with zero attached hydrogens (tertiary/aromatic N) is 2. The van der Waals surface area contributed by atoms with Crippen LogP contribution in [0, 0.1) is 11.7 Å². The van der Waals surface area contributed by atoms with Gasteiger partial charge < -0.3 is 14.5 Å². The molecule has 0 radical (unpaired) electrons. The van der Waals surface area contributed by atoms with Crippen LogP contribution >= 0.6 is 27.3 Å². The number of thiophene rings is 1. The Bertz CT molecular complexity index is 1200. The number of carbonyl (C=O) groups excluding carboxylic acids is 2. The van der Waals surface area contributed by atoms with Gasteiger partial charge in [0.15, 0.2) is 0 Å². The van der Waals surface area contributed by atoms with E-state index in [1.807, 2.05) is 28.5 Å². The molecule has 0 aliphatic carbocycles. The largest absolute Gasteiger partial charge is 0.491 e. The van der Waals surface area contributed by atoms with E-state index in [0.29, 0.717) is 30.3 Å². The van der Waals surface area contributed by atoms with Gasteiger partial charge in [-0.15, -0.1) is 11.3 Å². The molecular formula is C28H30BrFN2O3S. The van der Waals surface area contributed by atoms with Crippen LogP contribution in [-0.4, -0.2) is 47.9 Å². The van der Waals surface area contributed by atoms with Crippen molar-refractivity contribution in [3.8, 4) is 5.75 Å². The second-order valence-corrected chi connectivity index (χ2v) is 11.3. The molecule has 0 saturated carbocycles. The van der Waals surface area contributed by atoms with E-state index in [-0.39, 0.29) is 36.8 Å². The average molecular weight is 574 g/mol. The van der Waals surface area contributed by atoms with E-state index in [2.05, 4.69) is 29.8 Å². The topological polar surface area (TPSA) is 49.9 Å². The molecule has 36 heavy (non-hydrogen) atoms. The summed E-state index contributed by atoms with van der Waals surface area (Å²) in [5.74, 6) is 0.366. The minimum absolute atomic E-state index is 0.00455. The molecule has 1 aromatic heterocycles. The molecule has 2 heterocycles. The van der Waals surface area contributed by atoms with Gasteiger partial charge in [0.25, 0.3) is 5.91 Å². The third-order valence-electron chi connectivity index (χ3n) is 6.30. The molecule has 8 heteroatoms. The lowest BCUT2D eigenvalue weighted by Crippen LogP contribution is -2.48. The molecule has 0 bridgehead atoms. The van der Waals surface area contributed by atoms with Gasteiger partial charge in [0.2, 0.25) is 5.91 Å². The van der Waals surface area contributed by atoms with E-state index in [9.17, 15) is 14.0 Å². The van der Waals surface area contributed by atoms with Crippen molar-refractivity contribution in [1.29, 1.82) is 0 Å². The van der Waals surface area contributed by atoms with Crippen LogP contribution in [0.2, 0.25) is 0 Å². The molecule has 4 rings (SSSR count). The Morgan fingerprint density at radius 1 is 1.19 bits per heavy atom. The summed E-state index contributed by atoms with van der Waals surface area (Å²) in [5.41, 5.74) is 1.63. The van der Waals surface area contributed by atoms with Crippen molar-refractivity contribution in [2.45, 2.75) is 32.7 Å². The number of amides is 2. The maximum atomic E-state index is 13.7. The van der Waals surface area contributed by atoms with Crippen LogP contribution in [0.5, 0.6) is 5.75 Å². The molecule has 3 aromatic rings. The Labute approximate surface area is 224 Å².